The van der Waals surface area contributed by atoms with Gasteiger partial charge in [0.25, 0.3) is 0 Å². The maximum atomic E-state index is 14.1. The third-order valence-corrected chi connectivity index (χ3v) is 6.27. The fourth-order valence-electron chi connectivity index (χ4n) is 3.68. The van der Waals surface area contributed by atoms with Crippen molar-refractivity contribution in [1.82, 2.24) is 10.2 Å². The van der Waals surface area contributed by atoms with E-state index >= 15 is 0 Å². The van der Waals surface area contributed by atoms with Gasteiger partial charge in [0.15, 0.2) is 28.4 Å². The molecule has 0 unspecified atom stereocenters. The summed E-state index contributed by atoms with van der Waals surface area (Å²) in [7, 11) is 0. The molecule has 1 N–H and O–H groups in total. The average molecular weight is 576 g/mol. The molecule has 0 atom stereocenters. The van der Waals surface area contributed by atoms with Gasteiger partial charge in [0, 0.05) is 47.9 Å². The van der Waals surface area contributed by atoms with Gasteiger partial charge in [-0.3, -0.25) is 10.1 Å². The Labute approximate surface area is 223 Å². The van der Waals surface area contributed by atoms with Gasteiger partial charge in [-0.1, -0.05) is 23.2 Å². The molecule has 1 amide bonds. The first-order valence-electron chi connectivity index (χ1n) is 10.7. The zero-order chi connectivity index (χ0) is 26.9. The smallest absolute Gasteiger partial charge is 0.250 e. The van der Waals surface area contributed by atoms with Crippen molar-refractivity contribution >= 4 is 58.2 Å². The van der Waals surface area contributed by atoms with Crippen molar-refractivity contribution in [3.8, 4) is 11.3 Å². The van der Waals surface area contributed by atoms with E-state index in [1.807, 2.05) is 0 Å². The number of rotatable bonds is 4. The predicted octanol–water partition coefficient (Wildman–Crippen LogP) is 6.19. The minimum absolute atomic E-state index is 0.0421. The predicted molar refractivity (Wildman–Crippen MR) is 134 cm³/mol. The van der Waals surface area contributed by atoms with Crippen LogP contribution in [0.1, 0.15) is 5.76 Å². The molecule has 1 saturated heterocycles. The number of anilines is 1. The van der Waals surface area contributed by atoms with Gasteiger partial charge in [-0.25, -0.2) is 22.0 Å². The second-order valence-electron chi connectivity index (χ2n) is 7.88. The maximum Gasteiger partial charge on any atom is 0.250 e. The van der Waals surface area contributed by atoms with Crippen molar-refractivity contribution in [2.45, 2.75) is 0 Å². The van der Waals surface area contributed by atoms with Crippen LogP contribution in [-0.4, -0.2) is 42.1 Å². The van der Waals surface area contributed by atoms with E-state index in [2.05, 4.69) is 5.32 Å². The Kier molecular flexibility index (Phi) is 8.05. The third kappa shape index (κ3) is 5.89. The highest BCUT2D eigenvalue weighted by Crippen LogP contribution is 2.31. The highest BCUT2D eigenvalue weighted by Gasteiger charge is 2.31. The second kappa shape index (κ2) is 11.1. The Hall–Kier alpha value is -3.15. The van der Waals surface area contributed by atoms with E-state index in [-0.39, 0.29) is 31.3 Å². The molecule has 194 valence electrons. The molecule has 0 saturated carbocycles. The zero-order valence-electron chi connectivity index (χ0n) is 18.6. The Bertz CT molecular complexity index is 1360. The normalized spacial score (nSPS) is 13.9. The van der Waals surface area contributed by atoms with Gasteiger partial charge in [-0.15, -0.1) is 0 Å². The molecular formula is C24H16Cl2F5N3O2S. The molecule has 0 spiro atoms. The molecule has 37 heavy (non-hydrogen) atoms. The van der Waals surface area contributed by atoms with Crippen LogP contribution < -0.4 is 10.2 Å². The molecule has 0 bridgehead atoms. The van der Waals surface area contributed by atoms with E-state index in [1.54, 1.807) is 30.3 Å². The number of amides is 1. The van der Waals surface area contributed by atoms with Gasteiger partial charge in [0.05, 0.1) is 0 Å². The van der Waals surface area contributed by atoms with Crippen LogP contribution >= 0.6 is 35.4 Å². The molecule has 1 aliphatic heterocycles. The van der Waals surface area contributed by atoms with Crippen LogP contribution in [0.15, 0.2) is 40.8 Å². The summed E-state index contributed by atoms with van der Waals surface area (Å²) in [5, 5.41) is 3.42. The minimum Gasteiger partial charge on any atom is -0.457 e. The van der Waals surface area contributed by atoms with Gasteiger partial charge in [-0.05, 0) is 48.6 Å². The molecule has 13 heteroatoms. The molecule has 2 aromatic carbocycles. The van der Waals surface area contributed by atoms with Crippen molar-refractivity contribution in [3.63, 3.8) is 0 Å². The lowest BCUT2D eigenvalue weighted by molar-refractivity contribution is -0.115. The van der Waals surface area contributed by atoms with Crippen LogP contribution in [0.5, 0.6) is 0 Å². The van der Waals surface area contributed by atoms with Crippen LogP contribution in [0.25, 0.3) is 17.4 Å². The topological polar surface area (TPSA) is 48.7 Å². The van der Waals surface area contributed by atoms with Crippen molar-refractivity contribution < 1.29 is 31.2 Å². The SMILES string of the molecule is O=C(/C=C/c1ccc(-c2cc(Cl)cc(Cl)c2)o1)NC(=S)N1CCN(c2c(F)c(F)c(F)c(F)c2F)CC1. The van der Waals surface area contributed by atoms with E-state index in [1.165, 1.54) is 17.1 Å². The summed E-state index contributed by atoms with van der Waals surface area (Å²) in [6.07, 6.45) is 2.62. The lowest BCUT2D eigenvalue weighted by Gasteiger charge is -2.37. The van der Waals surface area contributed by atoms with Crippen molar-refractivity contribution in [2.75, 3.05) is 31.1 Å². The summed E-state index contributed by atoms with van der Waals surface area (Å²) in [5.74, 6) is -9.71. The molecule has 3 aromatic rings. The van der Waals surface area contributed by atoms with Gasteiger partial charge in [0.1, 0.15) is 17.2 Å². The van der Waals surface area contributed by atoms with Crippen molar-refractivity contribution in [1.29, 1.82) is 0 Å². The number of thiocarbonyl (C=S) groups is 1. The molecular weight excluding hydrogens is 560 g/mol. The maximum absolute atomic E-state index is 14.1. The summed E-state index contributed by atoms with van der Waals surface area (Å²) in [5.41, 5.74) is -0.334. The number of benzene rings is 2. The highest BCUT2D eigenvalue weighted by atomic mass is 35.5. The van der Waals surface area contributed by atoms with E-state index < -0.39 is 40.7 Å². The number of carbonyl (C=O) groups is 1. The fourth-order valence-corrected chi connectivity index (χ4v) is 4.49. The monoisotopic (exact) mass is 575 g/mol. The van der Waals surface area contributed by atoms with E-state index in [9.17, 15) is 26.7 Å². The largest absolute Gasteiger partial charge is 0.457 e. The first kappa shape index (κ1) is 26.9. The van der Waals surface area contributed by atoms with E-state index in [0.29, 0.717) is 27.1 Å². The molecule has 0 aliphatic carbocycles. The molecule has 1 aliphatic rings. The van der Waals surface area contributed by atoms with Gasteiger partial charge in [-0.2, -0.15) is 0 Å². The van der Waals surface area contributed by atoms with E-state index in [0.717, 1.165) is 4.90 Å². The first-order valence-corrected chi connectivity index (χ1v) is 11.8. The van der Waals surface area contributed by atoms with Crippen LogP contribution in [0.3, 0.4) is 0 Å². The molecule has 2 heterocycles. The zero-order valence-corrected chi connectivity index (χ0v) is 21.0. The van der Waals surface area contributed by atoms with Crippen LogP contribution in [0.4, 0.5) is 27.6 Å². The van der Waals surface area contributed by atoms with Crippen molar-refractivity contribution in [2.24, 2.45) is 0 Å². The number of nitrogens with zero attached hydrogens (tertiary/aromatic N) is 2. The highest BCUT2D eigenvalue weighted by molar-refractivity contribution is 7.80. The Morgan fingerprint density at radius 3 is 2.05 bits per heavy atom. The third-order valence-electron chi connectivity index (χ3n) is 5.47. The van der Waals surface area contributed by atoms with Crippen LogP contribution in [0.2, 0.25) is 10.0 Å². The Balaban J connectivity index is 1.33. The Morgan fingerprint density at radius 1 is 0.892 bits per heavy atom. The summed E-state index contributed by atoms with van der Waals surface area (Å²) in [6.45, 7) is -0.0299. The standard InChI is InChI=1S/C24H16Cl2F5N3O2S/c25-13-9-12(10-14(26)11-13)16-3-1-15(36-16)2-4-17(35)32-24(37)34-7-5-33(6-8-34)23-21(30)19(28)18(27)20(29)22(23)31/h1-4,9-11H,5-8H2,(H,32,35,37)/b4-2+. The van der Waals surface area contributed by atoms with Gasteiger partial charge >= 0.3 is 0 Å². The molecule has 1 aromatic heterocycles. The van der Waals surface area contributed by atoms with Crippen LogP contribution in [-0.2, 0) is 4.79 Å². The molecule has 0 radical (unpaired) electrons. The number of carbonyl (C=O) groups excluding carboxylic acids is 1. The van der Waals surface area contributed by atoms with E-state index in [4.69, 9.17) is 39.8 Å². The lowest BCUT2D eigenvalue weighted by atomic mass is 10.2. The molecule has 1 fully saturated rings. The summed E-state index contributed by atoms with van der Waals surface area (Å²) >= 11 is 17.2. The summed E-state index contributed by atoms with van der Waals surface area (Å²) in [6, 6.07) is 8.27. The lowest BCUT2D eigenvalue weighted by Crippen LogP contribution is -2.53. The Morgan fingerprint density at radius 2 is 1.46 bits per heavy atom. The fraction of sp³-hybridized carbons (Fsp3) is 0.167. The number of nitrogens with one attached hydrogen (secondary N) is 1. The number of furan rings is 1. The second-order valence-corrected chi connectivity index (χ2v) is 9.14. The quantitative estimate of drug-likeness (QED) is 0.132. The number of hydrogen-bond acceptors (Lipinski definition) is 4. The number of piperazine rings is 1. The van der Waals surface area contributed by atoms with Crippen LogP contribution in [0, 0.1) is 29.1 Å². The van der Waals surface area contributed by atoms with Gasteiger partial charge < -0.3 is 14.2 Å². The molecule has 5 nitrogen and oxygen atoms in total. The van der Waals surface area contributed by atoms with Crippen molar-refractivity contribution in [3.05, 3.63) is 81.3 Å². The summed E-state index contributed by atoms with van der Waals surface area (Å²) < 4.78 is 74.2. The number of halogens is 7. The minimum atomic E-state index is -2.21. The number of hydrogen-bond donors (Lipinski definition) is 1. The first-order chi connectivity index (χ1) is 17.5. The average Bonchev–Trinajstić information content (AvgIpc) is 3.34. The summed E-state index contributed by atoms with van der Waals surface area (Å²) in [4.78, 5) is 14.9. The van der Waals surface area contributed by atoms with Gasteiger partial charge in [0.2, 0.25) is 11.7 Å². The molecule has 4 rings (SSSR count).